The molecule has 0 bridgehead atoms. The fourth-order valence-electron chi connectivity index (χ4n) is 2.34. The number of halogens is 1. The minimum absolute atomic E-state index is 0.343. The molecule has 0 spiro atoms. The van der Waals surface area contributed by atoms with Crippen molar-refractivity contribution in [1.29, 1.82) is 0 Å². The Morgan fingerprint density at radius 2 is 2.07 bits per heavy atom. The van der Waals surface area contributed by atoms with E-state index in [1.54, 1.807) is 24.4 Å². The Bertz CT molecular complexity index is 1070. The molecule has 0 radical (unpaired) electrons. The molecule has 138 valence electrons. The molecule has 0 aliphatic carbocycles. The number of carbonyl (C=O) groups is 1. The average Bonchev–Trinajstić information content (AvgIpc) is 3.01. The van der Waals surface area contributed by atoms with Crippen molar-refractivity contribution in [2.75, 3.05) is 7.11 Å². The van der Waals surface area contributed by atoms with Gasteiger partial charge in [-0.05, 0) is 48.1 Å². The molecular formula is C18H15BrN4O3S. The summed E-state index contributed by atoms with van der Waals surface area (Å²) in [6.07, 6.45) is 1.62. The third-order valence-electron chi connectivity index (χ3n) is 3.53. The molecule has 0 saturated heterocycles. The van der Waals surface area contributed by atoms with Crippen LogP contribution in [-0.2, 0) is 4.79 Å². The predicted molar refractivity (Wildman–Crippen MR) is 108 cm³/mol. The number of rotatable bonds is 5. The maximum Gasteiger partial charge on any atom is 0.308 e. The van der Waals surface area contributed by atoms with Gasteiger partial charge in [0.05, 0.1) is 13.3 Å². The smallest absolute Gasteiger partial charge is 0.308 e. The summed E-state index contributed by atoms with van der Waals surface area (Å²) in [6.45, 7) is 1.33. The van der Waals surface area contributed by atoms with E-state index in [-0.39, 0.29) is 0 Å². The van der Waals surface area contributed by atoms with E-state index in [1.807, 2.05) is 24.3 Å². The fraction of sp³-hybridized carbons (Fsp3) is 0.111. The third kappa shape index (κ3) is 4.32. The Morgan fingerprint density at radius 1 is 1.30 bits per heavy atom. The van der Waals surface area contributed by atoms with E-state index < -0.39 is 5.97 Å². The molecule has 1 heterocycles. The maximum atomic E-state index is 11.2. The number of ether oxygens (including phenoxy) is 2. The second kappa shape index (κ2) is 8.28. The second-order valence-corrected chi connectivity index (χ2v) is 6.63. The predicted octanol–water partition coefficient (Wildman–Crippen LogP) is 4.19. The molecule has 7 nitrogen and oxygen atoms in total. The topological polar surface area (TPSA) is 81.5 Å². The van der Waals surface area contributed by atoms with Crippen molar-refractivity contribution in [1.82, 2.24) is 14.9 Å². The largest absolute Gasteiger partial charge is 0.493 e. The van der Waals surface area contributed by atoms with Crippen molar-refractivity contribution in [3.63, 3.8) is 0 Å². The monoisotopic (exact) mass is 446 g/mol. The summed E-state index contributed by atoms with van der Waals surface area (Å²) in [4.78, 5) is 11.2. The van der Waals surface area contributed by atoms with Crippen LogP contribution in [-0.4, -0.2) is 34.2 Å². The Kier molecular flexibility index (Phi) is 5.82. The molecule has 9 heteroatoms. The van der Waals surface area contributed by atoms with Crippen molar-refractivity contribution in [3.8, 4) is 22.9 Å². The number of nitrogens with zero attached hydrogens (tertiary/aromatic N) is 3. The van der Waals surface area contributed by atoms with Crippen molar-refractivity contribution < 1.29 is 14.3 Å². The van der Waals surface area contributed by atoms with E-state index in [0.717, 1.165) is 15.6 Å². The van der Waals surface area contributed by atoms with Crippen LogP contribution in [0, 0.1) is 4.77 Å². The van der Waals surface area contributed by atoms with Gasteiger partial charge in [0, 0.05) is 17.0 Å². The number of H-pyrrole nitrogens is 1. The van der Waals surface area contributed by atoms with Gasteiger partial charge in [-0.15, -0.1) is 0 Å². The van der Waals surface area contributed by atoms with E-state index in [4.69, 9.17) is 21.7 Å². The van der Waals surface area contributed by atoms with Gasteiger partial charge in [0.1, 0.15) is 0 Å². The van der Waals surface area contributed by atoms with Crippen LogP contribution in [0.1, 0.15) is 12.5 Å². The fourth-order valence-corrected chi connectivity index (χ4v) is 2.99. The number of esters is 1. The summed E-state index contributed by atoms with van der Waals surface area (Å²) in [5.74, 6) is 0.927. The quantitative estimate of drug-likeness (QED) is 0.275. The zero-order chi connectivity index (χ0) is 19.4. The molecule has 3 rings (SSSR count). The van der Waals surface area contributed by atoms with Gasteiger partial charge in [0.25, 0.3) is 0 Å². The molecule has 0 saturated carbocycles. The number of hydrogen-bond acceptors (Lipinski definition) is 6. The lowest BCUT2D eigenvalue weighted by atomic mass is 10.2. The van der Waals surface area contributed by atoms with Crippen LogP contribution < -0.4 is 9.47 Å². The molecule has 0 aliphatic rings. The van der Waals surface area contributed by atoms with Crippen LogP contribution in [0.25, 0.3) is 11.4 Å². The van der Waals surface area contributed by atoms with Gasteiger partial charge in [-0.3, -0.25) is 4.79 Å². The summed E-state index contributed by atoms with van der Waals surface area (Å²) in [7, 11) is 1.50. The number of nitrogens with one attached hydrogen (secondary N) is 1. The molecular weight excluding hydrogens is 432 g/mol. The highest BCUT2D eigenvalue weighted by Gasteiger charge is 2.11. The second-order valence-electron chi connectivity index (χ2n) is 5.39. The first-order valence-electron chi connectivity index (χ1n) is 7.82. The Morgan fingerprint density at radius 3 is 2.78 bits per heavy atom. The van der Waals surface area contributed by atoms with Gasteiger partial charge in [0.15, 0.2) is 17.3 Å². The molecule has 0 unspecified atom stereocenters. The zero-order valence-electron chi connectivity index (χ0n) is 14.5. The standard InChI is InChI=1S/C18H15BrN4O3S/c1-11(24)26-15-8-7-12(9-16(15)25-2)10-20-23-17(21-22-18(23)27)13-5-3-4-6-14(13)19/h3-10H,1-2H3,(H,22,27)/b20-10+. The van der Waals surface area contributed by atoms with Gasteiger partial charge < -0.3 is 9.47 Å². The molecule has 2 aromatic carbocycles. The van der Waals surface area contributed by atoms with E-state index in [0.29, 0.717) is 22.1 Å². The van der Waals surface area contributed by atoms with Gasteiger partial charge in [0.2, 0.25) is 4.77 Å². The molecule has 1 N–H and O–H groups in total. The van der Waals surface area contributed by atoms with Crippen LogP contribution in [0.15, 0.2) is 52.0 Å². The molecule has 27 heavy (non-hydrogen) atoms. The number of carbonyl (C=O) groups excluding carboxylic acids is 1. The summed E-state index contributed by atoms with van der Waals surface area (Å²) in [5.41, 5.74) is 1.59. The lowest BCUT2D eigenvalue weighted by Crippen LogP contribution is -2.03. The minimum Gasteiger partial charge on any atom is -0.493 e. The van der Waals surface area contributed by atoms with Crippen molar-refractivity contribution in [2.45, 2.75) is 6.92 Å². The summed E-state index contributed by atoms with van der Waals surface area (Å²) in [6, 6.07) is 12.8. The Balaban J connectivity index is 1.96. The molecule has 3 aromatic rings. The SMILES string of the molecule is COc1cc(/C=N/n2c(-c3ccccc3Br)n[nH]c2=S)ccc1OC(C)=O. The van der Waals surface area contributed by atoms with E-state index >= 15 is 0 Å². The van der Waals surface area contributed by atoms with E-state index in [2.05, 4.69) is 31.2 Å². The molecule has 0 fully saturated rings. The first-order chi connectivity index (χ1) is 13.0. The zero-order valence-corrected chi connectivity index (χ0v) is 16.9. The lowest BCUT2D eigenvalue weighted by molar-refractivity contribution is -0.132. The first-order valence-corrected chi connectivity index (χ1v) is 9.03. The van der Waals surface area contributed by atoms with Gasteiger partial charge >= 0.3 is 5.97 Å². The number of hydrogen-bond donors (Lipinski definition) is 1. The highest BCUT2D eigenvalue weighted by molar-refractivity contribution is 9.10. The van der Waals surface area contributed by atoms with Crippen molar-refractivity contribution in [2.24, 2.45) is 5.10 Å². The van der Waals surface area contributed by atoms with Crippen LogP contribution >= 0.6 is 28.1 Å². The molecule has 0 aliphatic heterocycles. The normalized spacial score (nSPS) is 10.9. The highest BCUT2D eigenvalue weighted by atomic mass is 79.9. The van der Waals surface area contributed by atoms with Crippen molar-refractivity contribution >= 4 is 40.3 Å². The van der Waals surface area contributed by atoms with E-state index in [9.17, 15) is 4.79 Å². The average molecular weight is 447 g/mol. The van der Waals surface area contributed by atoms with Gasteiger partial charge in [-0.1, -0.05) is 28.1 Å². The lowest BCUT2D eigenvalue weighted by Gasteiger charge is -2.08. The van der Waals surface area contributed by atoms with Crippen LogP contribution in [0.4, 0.5) is 0 Å². The number of aromatic nitrogens is 3. The summed E-state index contributed by atoms with van der Waals surface area (Å²) < 4.78 is 13.1. The number of methoxy groups -OCH3 is 1. The van der Waals surface area contributed by atoms with Gasteiger partial charge in [-0.25, -0.2) is 5.10 Å². The first kappa shape index (κ1) is 19.0. The Hall–Kier alpha value is -2.78. The summed E-state index contributed by atoms with van der Waals surface area (Å²) in [5, 5.41) is 11.4. The number of aromatic amines is 1. The molecule has 0 amide bonds. The third-order valence-corrected chi connectivity index (χ3v) is 4.48. The van der Waals surface area contributed by atoms with Crippen LogP contribution in [0.3, 0.4) is 0 Å². The minimum atomic E-state index is -0.419. The maximum absolute atomic E-state index is 11.2. The molecule has 0 atom stereocenters. The Labute approximate surface area is 168 Å². The number of benzene rings is 2. The molecule has 1 aromatic heterocycles. The summed E-state index contributed by atoms with van der Waals surface area (Å²) >= 11 is 8.79. The van der Waals surface area contributed by atoms with Crippen molar-refractivity contribution in [3.05, 3.63) is 57.3 Å². The van der Waals surface area contributed by atoms with Gasteiger partial charge in [-0.2, -0.15) is 14.9 Å². The van der Waals surface area contributed by atoms with E-state index in [1.165, 1.54) is 18.7 Å². The highest BCUT2D eigenvalue weighted by Crippen LogP contribution is 2.28. The van der Waals surface area contributed by atoms with Crippen LogP contribution in [0.5, 0.6) is 11.5 Å². The van der Waals surface area contributed by atoms with Crippen LogP contribution in [0.2, 0.25) is 0 Å².